The van der Waals surface area contributed by atoms with Crippen molar-refractivity contribution in [3.8, 4) is 50.9 Å². The number of fused-ring (bicyclic) bond motifs is 7. The van der Waals surface area contributed by atoms with E-state index in [1.54, 1.807) is 39.5 Å². The molecule has 0 fully saturated rings. The van der Waals surface area contributed by atoms with Crippen LogP contribution in [0.2, 0.25) is 0 Å². The van der Waals surface area contributed by atoms with Crippen molar-refractivity contribution < 1.29 is 48.5 Å². The maximum atomic E-state index is 9.03. The molecule has 0 spiro atoms. The van der Waals surface area contributed by atoms with Gasteiger partial charge in [-0.05, 0) is 62.5 Å². The van der Waals surface area contributed by atoms with Crippen LogP contribution in [0.15, 0.2) is 192 Å². The monoisotopic (exact) mass is 1030 g/mol. The molecule has 316 valence electrons. The van der Waals surface area contributed by atoms with Crippen LogP contribution in [0.25, 0.3) is 94.2 Å². The third-order valence-corrected chi connectivity index (χ3v) is 11.6. The Labute approximate surface area is 404 Å². The van der Waals surface area contributed by atoms with Gasteiger partial charge in [-0.25, -0.2) is 4.98 Å². The molecular weight excluding hydrogens is 980 g/mol. The van der Waals surface area contributed by atoms with Crippen LogP contribution in [0.3, 0.4) is 0 Å². The second kappa shape index (κ2) is 15.9. The van der Waals surface area contributed by atoms with Gasteiger partial charge in [0.05, 0.1) is 30.4 Å². The summed E-state index contributed by atoms with van der Waals surface area (Å²) in [5.74, 6) is 1.46. The van der Waals surface area contributed by atoms with Crippen LogP contribution >= 0.6 is 0 Å². The Morgan fingerprint density at radius 2 is 1.34 bits per heavy atom. The first-order valence-corrected chi connectivity index (χ1v) is 20.7. The maximum Gasteiger partial charge on any atom is 0.268 e. The Kier molecular flexibility index (Phi) is 7.48. The quantitative estimate of drug-likeness (QED) is 0.118. The average molecular weight is 1030 g/mol. The van der Waals surface area contributed by atoms with E-state index < -0.39 is 60.4 Å². The van der Waals surface area contributed by atoms with E-state index in [0.717, 1.165) is 49.3 Å². The summed E-state index contributed by atoms with van der Waals surface area (Å²) in [5, 5.41) is 3.94. The predicted octanol–water partition coefficient (Wildman–Crippen LogP) is 14.1. The van der Waals surface area contributed by atoms with Crippen LogP contribution in [0.1, 0.15) is 40.0 Å². The molecule has 65 heavy (non-hydrogen) atoms. The summed E-state index contributed by atoms with van der Waals surface area (Å²) in [4.78, 5) is 4.88. The number of nitrogens with zero attached hydrogens (tertiary/aromatic N) is 4. The van der Waals surface area contributed by atoms with Crippen molar-refractivity contribution >= 4 is 54.8 Å². The first kappa shape index (κ1) is 30.5. The van der Waals surface area contributed by atoms with Crippen LogP contribution in [0.4, 0.5) is 0 Å². The molecule has 0 aliphatic rings. The van der Waals surface area contributed by atoms with Crippen molar-refractivity contribution in [2.75, 3.05) is 0 Å². The number of rotatable bonds is 7. The number of aromatic nitrogens is 4. The Morgan fingerprint density at radius 1 is 0.631 bits per heavy atom. The van der Waals surface area contributed by atoms with Gasteiger partial charge in [-0.1, -0.05) is 153 Å². The van der Waals surface area contributed by atoms with Gasteiger partial charge >= 0.3 is 0 Å². The zero-order chi connectivity index (χ0) is 51.6. The molecule has 4 aromatic heterocycles. The fourth-order valence-corrected chi connectivity index (χ4v) is 8.55. The van der Waals surface area contributed by atoms with Crippen molar-refractivity contribution in [1.29, 1.82) is 0 Å². The standard InChI is InChI=1S/C58H40N4O2.Pt/c1-58(2,3)40-30-31-59-56(32-40)62-52-34-43(28-29-46(52)48-35-49-47-22-10-13-27-54(47)64-55(49)36-53(48)62)63-42-21-14-20-41(33-42)60-37-61(51-26-12-11-25-50(51)60)57-44(38-16-6-4-7-17-38)23-15-24-45(57)39-18-8-5-9-19-39;/h4-32,35-36H,1-3H3;/q-2;/i4D,5D,6D,7D,8D,9D,16D,17D,18D,19D;. The van der Waals surface area contributed by atoms with Crippen molar-refractivity contribution in [3.05, 3.63) is 212 Å². The summed E-state index contributed by atoms with van der Waals surface area (Å²) < 4.78 is 106. The number of hydrogen-bond donors (Lipinski definition) is 0. The van der Waals surface area contributed by atoms with E-state index in [-0.39, 0.29) is 54.4 Å². The van der Waals surface area contributed by atoms with Gasteiger partial charge < -0.3 is 18.3 Å². The molecule has 6 nitrogen and oxygen atoms in total. The summed E-state index contributed by atoms with van der Waals surface area (Å²) in [6, 6.07) is 39.3. The van der Waals surface area contributed by atoms with Crippen LogP contribution in [-0.4, -0.2) is 14.1 Å². The fourth-order valence-electron chi connectivity index (χ4n) is 8.55. The minimum Gasteiger partial charge on any atom is -0.510 e. The first-order valence-electron chi connectivity index (χ1n) is 25.7. The Morgan fingerprint density at radius 3 is 2.11 bits per heavy atom. The first-order chi connectivity index (χ1) is 35.5. The molecule has 0 N–H and O–H groups in total. The smallest absolute Gasteiger partial charge is 0.268 e. The number of furan rings is 1. The molecule has 0 saturated carbocycles. The molecule has 0 radical (unpaired) electrons. The number of imidazole rings is 1. The molecular formula is C58H40N4O2Pt-2. The van der Waals surface area contributed by atoms with Crippen molar-refractivity contribution in [2.45, 2.75) is 26.2 Å². The van der Waals surface area contributed by atoms with Crippen molar-refractivity contribution in [2.24, 2.45) is 0 Å². The summed E-state index contributed by atoms with van der Waals surface area (Å²) in [7, 11) is 0. The van der Waals surface area contributed by atoms with Gasteiger partial charge in [-0.2, -0.15) is 18.2 Å². The molecule has 0 bridgehead atoms. The van der Waals surface area contributed by atoms with E-state index in [2.05, 4.69) is 68.1 Å². The largest absolute Gasteiger partial charge is 0.510 e. The SMILES string of the molecule is [2H]c1c([2H])c([2H])c(-c2cccc(-c3c([2H])c([2H])c([2H])c([2H])c3[2H])c2-[n+]2[c-]n(-c3[c-]c(Oc4[c-]c5c(cc4)c4cc6c(cc4n5-c4cc(C(C)(C)C)ccn4)oc4ccccc46)ccc3)c3ccccc32)c([2H])c1[2H].[Pt]. The summed E-state index contributed by atoms with van der Waals surface area (Å²) in [5.41, 5.74) is 5.89. The van der Waals surface area contributed by atoms with Gasteiger partial charge in [-0.15, -0.1) is 29.7 Å². The molecule has 0 atom stereocenters. The summed E-state index contributed by atoms with van der Waals surface area (Å²) in [6.45, 7) is 6.49. The molecule has 0 aliphatic heterocycles. The fraction of sp³-hybridized carbons (Fsp3) is 0.0690. The van der Waals surface area contributed by atoms with Gasteiger partial charge in [-0.3, -0.25) is 4.57 Å². The molecule has 0 amide bonds. The molecule has 12 rings (SSSR count). The molecule has 12 aromatic rings. The Bertz CT molecular complexity index is 4220. The van der Waals surface area contributed by atoms with E-state index in [0.29, 0.717) is 34.0 Å². The Balaban J connectivity index is 0.00000602. The minimum absolute atomic E-state index is 0. The average Bonchev–Trinajstić information content (AvgIpc) is 4.10. The van der Waals surface area contributed by atoms with E-state index in [9.17, 15) is 0 Å². The van der Waals surface area contributed by atoms with Gasteiger partial charge in [0.25, 0.3) is 6.33 Å². The molecule has 0 unspecified atom stereocenters. The number of ether oxygens (including phenoxy) is 1. The van der Waals surface area contributed by atoms with Gasteiger partial charge in [0.15, 0.2) is 0 Å². The van der Waals surface area contributed by atoms with Crippen LogP contribution in [-0.2, 0) is 26.5 Å². The number of pyridine rings is 1. The second-order valence-corrected chi connectivity index (χ2v) is 16.5. The van der Waals surface area contributed by atoms with E-state index >= 15 is 0 Å². The van der Waals surface area contributed by atoms with E-state index in [4.69, 9.17) is 27.8 Å². The van der Waals surface area contributed by atoms with Crippen LogP contribution in [0, 0.1) is 18.5 Å². The van der Waals surface area contributed by atoms with Crippen LogP contribution < -0.4 is 9.30 Å². The summed E-state index contributed by atoms with van der Waals surface area (Å²) in [6.07, 6.45) is 5.23. The Hall–Kier alpha value is -7.53. The zero-order valence-corrected chi connectivity index (χ0v) is 37.3. The molecule has 7 heteroatoms. The van der Waals surface area contributed by atoms with E-state index in [1.165, 1.54) is 0 Å². The molecule has 4 heterocycles. The molecule has 0 aliphatic carbocycles. The third-order valence-electron chi connectivity index (χ3n) is 11.6. The normalized spacial score (nSPS) is 14.0. The van der Waals surface area contributed by atoms with Gasteiger partial charge in [0, 0.05) is 61.1 Å². The van der Waals surface area contributed by atoms with Gasteiger partial charge in [0.1, 0.15) is 17.0 Å². The number of para-hydroxylation sites is 4. The van der Waals surface area contributed by atoms with Crippen molar-refractivity contribution in [3.63, 3.8) is 0 Å². The third kappa shape index (κ3) is 6.93. The summed E-state index contributed by atoms with van der Waals surface area (Å²) >= 11 is 0. The van der Waals surface area contributed by atoms with Crippen LogP contribution in [0.5, 0.6) is 11.5 Å². The van der Waals surface area contributed by atoms with Gasteiger partial charge in [0.2, 0.25) is 0 Å². The zero-order valence-electron chi connectivity index (χ0n) is 45.0. The minimum atomic E-state index is -0.576. The van der Waals surface area contributed by atoms with Crippen molar-refractivity contribution in [1.82, 2.24) is 14.1 Å². The maximum absolute atomic E-state index is 9.03. The predicted molar refractivity (Wildman–Crippen MR) is 257 cm³/mol. The number of benzene rings is 8. The second-order valence-electron chi connectivity index (χ2n) is 16.5. The molecule has 8 aromatic carbocycles. The number of hydrogen-bond acceptors (Lipinski definition) is 3. The molecule has 0 saturated heterocycles. The van der Waals surface area contributed by atoms with E-state index in [1.807, 2.05) is 72.9 Å². The topological polar surface area (TPSA) is 49.0 Å².